The van der Waals surface area contributed by atoms with Gasteiger partial charge in [0.2, 0.25) is 0 Å². The summed E-state index contributed by atoms with van der Waals surface area (Å²) in [6, 6.07) is 2.84. The van der Waals surface area contributed by atoms with Crippen LogP contribution in [0.15, 0.2) is 12.3 Å². The van der Waals surface area contributed by atoms with Crippen LogP contribution in [0.5, 0.6) is 0 Å². The summed E-state index contributed by atoms with van der Waals surface area (Å²) >= 11 is 1.95. The molecular weight excluding hydrogens is 266 g/mol. The maximum Gasteiger partial charge on any atom is 0.0762 e. The van der Waals surface area contributed by atoms with Crippen LogP contribution < -0.4 is 5.32 Å². The molecule has 0 aromatic carbocycles. The largest absolute Gasteiger partial charge is 0.311 e. The Morgan fingerprint density at radius 3 is 2.85 bits per heavy atom. The van der Waals surface area contributed by atoms with Gasteiger partial charge in [-0.3, -0.25) is 4.68 Å². The third-order valence-electron chi connectivity index (χ3n) is 4.12. The Morgan fingerprint density at radius 1 is 1.25 bits per heavy atom. The van der Waals surface area contributed by atoms with Crippen molar-refractivity contribution in [2.75, 3.05) is 18.6 Å². The smallest absolute Gasteiger partial charge is 0.0762 e. The lowest BCUT2D eigenvalue weighted by atomic mass is 10.2. The van der Waals surface area contributed by atoms with Gasteiger partial charge in [-0.25, -0.2) is 0 Å². The predicted molar refractivity (Wildman–Crippen MR) is 88.3 cm³/mol. The first-order valence-electron chi connectivity index (χ1n) is 8.14. The molecule has 1 saturated carbocycles. The van der Waals surface area contributed by atoms with Crippen molar-refractivity contribution < 1.29 is 0 Å². The molecule has 3 nitrogen and oxygen atoms in total. The average Bonchev–Trinajstić information content (AvgIpc) is 3.12. The highest BCUT2D eigenvalue weighted by atomic mass is 32.2. The lowest BCUT2D eigenvalue weighted by Crippen LogP contribution is -2.15. The fourth-order valence-corrected chi connectivity index (χ4v) is 3.40. The molecule has 1 aromatic heterocycles. The Balaban J connectivity index is 1.53. The predicted octanol–water partition coefficient (Wildman–Crippen LogP) is 4.01. The van der Waals surface area contributed by atoms with Crippen molar-refractivity contribution in [3.05, 3.63) is 18.0 Å². The van der Waals surface area contributed by atoms with E-state index >= 15 is 0 Å². The molecule has 2 rings (SSSR count). The van der Waals surface area contributed by atoms with Gasteiger partial charge in [0.25, 0.3) is 0 Å². The number of aromatic nitrogens is 2. The third kappa shape index (κ3) is 5.49. The summed E-state index contributed by atoms with van der Waals surface area (Å²) in [5, 5.41) is 8.22. The molecular formula is C16H29N3S. The molecule has 0 aliphatic heterocycles. The molecule has 1 aliphatic carbocycles. The van der Waals surface area contributed by atoms with Crippen LogP contribution >= 0.6 is 11.8 Å². The molecule has 0 saturated heterocycles. The van der Waals surface area contributed by atoms with Crippen LogP contribution in [0.2, 0.25) is 0 Å². The summed E-state index contributed by atoms with van der Waals surface area (Å²) in [5.41, 5.74) is 1.19. The number of hydrogen-bond donors (Lipinski definition) is 1. The first-order chi connectivity index (χ1) is 9.90. The van der Waals surface area contributed by atoms with Crippen LogP contribution in [0.3, 0.4) is 0 Å². The summed E-state index contributed by atoms with van der Waals surface area (Å²) in [7, 11) is 0. The minimum atomic E-state index is 0.667. The lowest BCUT2D eigenvalue weighted by molar-refractivity contribution is 0.460. The molecule has 0 atom stereocenters. The second kappa shape index (κ2) is 9.46. The molecule has 20 heavy (non-hydrogen) atoms. The second-order valence-electron chi connectivity index (χ2n) is 5.81. The van der Waals surface area contributed by atoms with Gasteiger partial charge < -0.3 is 5.32 Å². The van der Waals surface area contributed by atoms with E-state index in [4.69, 9.17) is 5.10 Å². The zero-order chi connectivity index (χ0) is 14.0. The van der Waals surface area contributed by atoms with Gasteiger partial charge in [-0.15, -0.1) is 0 Å². The number of nitrogens with zero attached hydrogens (tertiary/aromatic N) is 2. The molecule has 4 heteroatoms. The van der Waals surface area contributed by atoms with Crippen molar-refractivity contribution >= 4 is 11.8 Å². The first kappa shape index (κ1) is 15.9. The van der Waals surface area contributed by atoms with Gasteiger partial charge in [0, 0.05) is 12.7 Å². The highest BCUT2D eigenvalue weighted by molar-refractivity contribution is 7.98. The molecule has 1 aromatic rings. The minimum absolute atomic E-state index is 0.667. The molecule has 0 spiro atoms. The van der Waals surface area contributed by atoms with Gasteiger partial charge in [0.1, 0.15) is 0 Å². The van der Waals surface area contributed by atoms with E-state index in [1.165, 1.54) is 62.8 Å². The number of hydrogen-bond acceptors (Lipinski definition) is 3. The topological polar surface area (TPSA) is 29.9 Å². The maximum absolute atomic E-state index is 4.70. The Morgan fingerprint density at radius 2 is 2.05 bits per heavy atom. The number of nitrogens with one attached hydrogen (secondary N) is 1. The molecule has 0 amide bonds. The standard InChI is InChI=1S/C16H29N3S/c1-20-13-7-3-2-6-11-17-14-15-10-12-19(18-15)16-8-4-5-9-16/h10,12,16-17H,2-9,11,13-14H2,1H3. The van der Waals surface area contributed by atoms with Crippen molar-refractivity contribution in [1.82, 2.24) is 15.1 Å². The highest BCUT2D eigenvalue weighted by Gasteiger charge is 2.17. The molecule has 114 valence electrons. The number of thioether (sulfide) groups is 1. The van der Waals surface area contributed by atoms with E-state index in [-0.39, 0.29) is 0 Å². The second-order valence-corrected chi connectivity index (χ2v) is 6.79. The van der Waals surface area contributed by atoms with Crippen molar-refractivity contribution in [2.24, 2.45) is 0 Å². The molecule has 0 bridgehead atoms. The summed E-state index contributed by atoms with van der Waals surface area (Å²) < 4.78 is 2.19. The summed E-state index contributed by atoms with van der Waals surface area (Å²) in [4.78, 5) is 0. The zero-order valence-corrected chi connectivity index (χ0v) is 13.6. The fourth-order valence-electron chi connectivity index (χ4n) is 2.91. The van der Waals surface area contributed by atoms with Crippen LogP contribution in [0.4, 0.5) is 0 Å². The summed E-state index contributed by atoms with van der Waals surface area (Å²) in [6.07, 6.45) is 15.1. The van der Waals surface area contributed by atoms with E-state index < -0.39 is 0 Å². The van der Waals surface area contributed by atoms with E-state index in [0.29, 0.717) is 6.04 Å². The van der Waals surface area contributed by atoms with Crippen LogP contribution in [0.25, 0.3) is 0 Å². The number of unbranched alkanes of at least 4 members (excludes halogenated alkanes) is 3. The van der Waals surface area contributed by atoms with Crippen LogP contribution in [0, 0.1) is 0 Å². The molecule has 1 aliphatic rings. The van der Waals surface area contributed by atoms with Gasteiger partial charge >= 0.3 is 0 Å². The van der Waals surface area contributed by atoms with Crippen LogP contribution in [-0.4, -0.2) is 28.3 Å². The van der Waals surface area contributed by atoms with Crippen molar-refractivity contribution in [3.63, 3.8) is 0 Å². The van der Waals surface area contributed by atoms with Crippen molar-refractivity contribution in [2.45, 2.75) is 64.0 Å². The lowest BCUT2D eigenvalue weighted by Gasteiger charge is -2.09. The highest BCUT2D eigenvalue weighted by Crippen LogP contribution is 2.28. The normalized spacial score (nSPS) is 16.1. The fraction of sp³-hybridized carbons (Fsp3) is 0.812. The Hall–Kier alpha value is -0.480. The quantitative estimate of drug-likeness (QED) is 0.661. The van der Waals surface area contributed by atoms with Crippen molar-refractivity contribution in [1.29, 1.82) is 0 Å². The van der Waals surface area contributed by atoms with Crippen LogP contribution in [0.1, 0.15) is 63.1 Å². The maximum atomic E-state index is 4.70. The molecule has 1 fully saturated rings. The first-order valence-corrected chi connectivity index (χ1v) is 9.53. The molecule has 1 heterocycles. The van der Waals surface area contributed by atoms with Gasteiger partial charge in [0.05, 0.1) is 11.7 Å². The van der Waals surface area contributed by atoms with Gasteiger partial charge in [-0.05, 0) is 50.3 Å². The average molecular weight is 295 g/mol. The number of rotatable bonds is 10. The van der Waals surface area contributed by atoms with E-state index in [0.717, 1.165) is 13.1 Å². The zero-order valence-electron chi connectivity index (χ0n) is 12.8. The molecule has 1 N–H and O–H groups in total. The van der Waals surface area contributed by atoms with E-state index in [1.807, 2.05) is 11.8 Å². The summed E-state index contributed by atoms with van der Waals surface area (Å²) in [5.74, 6) is 1.31. The Bertz CT molecular complexity index is 358. The van der Waals surface area contributed by atoms with Crippen LogP contribution in [-0.2, 0) is 6.54 Å². The van der Waals surface area contributed by atoms with E-state index in [1.54, 1.807) is 0 Å². The SMILES string of the molecule is CSCCCCCCNCc1ccn(C2CCCC2)n1. The van der Waals surface area contributed by atoms with E-state index in [2.05, 4.69) is 28.5 Å². The van der Waals surface area contributed by atoms with Gasteiger partial charge in [-0.1, -0.05) is 25.7 Å². The minimum Gasteiger partial charge on any atom is -0.311 e. The summed E-state index contributed by atoms with van der Waals surface area (Å²) in [6.45, 7) is 2.04. The molecule has 0 radical (unpaired) electrons. The van der Waals surface area contributed by atoms with Gasteiger partial charge in [0.15, 0.2) is 0 Å². The Labute approximate surface area is 127 Å². The monoisotopic (exact) mass is 295 g/mol. The van der Waals surface area contributed by atoms with E-state index in [9.17, 15) is 0 Å². The third-order valence-corrected chi connectivity index (χ3v) is 4.82. The van der Waals surface area contributed by atoms with Gasteiger partial charge in [-0.2, -0.15) is 16.9 Å². The Kier molecular flexibility index (Phi) is 7.52. The molecule has 0 unspecified atom stereocenters. The van der Waals surface area contributed by atoms with Crippen molar-refractivity contribution in [3.8, 4) is 0 Å².